The zero-order valence-corrected chi connectivity index (χ0v) is 5.60. The highest BCUT2D eigenvalue weighted by molar-refractivity contribution is 5.79. The van der Waals surface area contributed by atoms with E-state index in [9.17, 15) is 13.6 Å². The van der Waals surface area contributed by atoms with Crippen molar-refractivity contribution in [3.05, 3.63) is 0 Å². The molecule has 5 heteroatoms. The molecule has 1 unspecified atom stereocenters. The first kappa shape index (κ1) is 9.29. The Morgan fingerprint density at radius 2 is 2.20 bits per heavy atom. The molecular weight excluding hydrogens is 142 g/mol. The Morgan fingerprint density at radius 1 is 1.70 bits per heavy atom. The van der Waals surface area contributed by atoms with Crippen LogP contribution in [0.5, 0.6) is 0 Å². The van der Waals surface area contributed by atoms with Crippen molar-refractivity contribution < 1.29 is 13.6 Å². The number of amides is 1. The average molecular weight is 152 g/mol. The molecule has 0 heterocycles. The van der Waals surface area contributed by atoms with E-state index >= 15 is 0 Å². The van der Waals surface area contributed by atoms with Crippen molar-refractivity contribution in [1.82, 2.24) is 5.32 Å². The van der Waals surface area contributed by atoms with Crippen molar-refractivity contribution in [2.45, 2.75) is 19.4 Å². The third-order valence-electron chi connectivity index (χ3n) is 1.01. The van der Waals surface area contributed by atoms with Gasteiger partial charge in [0, 0.05) is 0 Å². The van der Waals surface area contributed by atoms with E-state index < -0.39 is 24.9 Å². The van der Waals surface area contributed by atoms with E-state index in [-0.39, 0.29) is 0 Å². The molecule has 0 spiro atoms. The Bertz CT molecular complexity index is 118. The first-order valence-corrected chi connectivity index (χ1v) is 2.85. The summed E-state index contributed by atoms with van der Waals surface area (Å²) in [5.74, 6) is -0.624. The summed E-state index contributed by atoms with van der Waals surface area (Å²) in [5.41, 5.74) is 4.78. The van der Waals surface area contributed by atoms with Crippen LogP contribution in [0.2, 0.25) is 0 Å². The molecule has 1 amide bonds. The monoisotopic (exact) mass is 152 g/mol. The molecule has 0 rings (SSSR count). The van der Waals surface area contributed by atoms with Crippen LogP contribution in [-0.2, 0) is 4.79 Å². The van der Waals surface area contributed by atoms with Gasteiger partial charge in [0.15, 0.2) is 0 Å². The maximum Gasteiger partial charge on any atom is 0.250 e. The second kappa shape index (κ2) is 4.16. The van der Waals surface area contributed by atoms with Crippen LogP contribution in [0, 0.1) is 0 Å². The van der Waals surface area contributed by atoms with E-state index in [1.165, 1.54) is 6.92 Å². The Labute approximate surface area is 57.6 Å². The molecule has 0 aliphatic heterocycles. The summed E-state index contributed by atoms with van der Waals surface area (Å²) in [4.78, 5) is 10.2. The van der Waals surface area contributed by atoms with Gasteiger partial charge in [0.25, 0.3) is 6.43 Å². The lowest BCUT2D eigenvalue weighted by atomic mass is 10.3. The Hall–Kier alpha value is -0.710. The summed E-state index contributed by atoms with van der Waals surface area (Å²) in [5, 5.41) is 2.26. The minimum Gasteiger partial charge on any atom is -0.368 e. The number of nitrogens with two attached hydrogens (primary N) is 1. The van der Waals surface area contributed by atoms with Gasteiger partial charge in [0.1, 0.15) is 0 Å². The smallest absolute Gasteiger partial charge is 0.250 e. The van der Waals surface area contributed by atoms with E-state index in [0.717, 1.165) is 0 Å². The van der Waals surface area contributed by atoms with Gasteiger partial charge in [-0.25, -0.2) is 8.78 Å². The zero-order valence-electron chi connectivity index (χ0n) is 5.60. The lowest BCUT2D eigenvalue weighted by Crippen LogP contribution is -2.40. The third kappa shape index (κ3) is 4.20. The summed E-state index contributed by atoms with van der Waals surface area (Å²) < 4.78 is 22.9. The molecule has 1 atom stereocenters. The number of hydrogen-bond acceptors (Lipinski definition) is 2. The van der Waals surface area contributed by atoms with E-state index in [0.29, 0.717) is 0 Å². The van der Waals surface area contributed by atoms with Crippen molar-refractivity contribution in [2.24, 2.45) is 5.73 Å². The SMILES string of the molecule is CC(NCC(F)F)C(N)=O. The summed E-state index contributed by atoms with van der Waals surface area (Å²) >= 11 is 0. The first-order chi connectivity index (χ1) is 4.54. The number of carbonyl (C=O) groups excluding carboxylic acids is 1. The maximum absolute atomic E-state index is 11.4. The van der Waals surface area contributed by atoms with Crippen molar-refractivity contribution in [3.8, 4) is 0 Å². The fraction of sp³-hybridized carbons (Fsp3) is 0.800. The maximum atomic E-state index is 11.4. The number of rotatable bonds is 4. The van der Waals surface area contributed by atoms with Gasteiger partial charge in [0.2, 0.25) is 5.91 Å². The predicted molar refractivity (Wildman–Crippen MR) is 32.7 cm³/mol. The molecule has 0 aliphatic rings. The number of primary amides is 1. The minimum atomic E-state index is -2.44. The Kier molecular flexibility index (Phi) is 3.87. The van der Waals surface area contributed by atoms with Gasteiger partial charge < -0.3 is 11.1 Å². The summed E-state index contributed by atoms with van der Waals surface area (Å²) in [7, 11) is 0. The predicted octanol–water partition coefficient (Wildman–Crippen LogP) is -0.285. The summed E-state index contributed by atoms with van der Waals surface area (Å²) in [6.45, 7) is 0.939. The summed E-state index contributed by atoms with van der Waals surface area (Å²) in [6, 6.07) is -0.686. The van der Waals surface area contributed by atoms with Crippen LogP contribution in [0.3, 0.4) is 0 Å². The number of halogens is 2. The molecule has 0 aliphatic carbocycles. The highest BCUT2D eigenvalue weighted by Gasteiger charge is 2.09. The molecular formula is C5H10F2N2O. The summed E-state index contributed by atoms with van der Waals surface area (Å²) in [6.07, 6.45) is -2.44. The van der Waals surface area contributed by atoms with Crippen LogP contribution in [0.15, 0.2) is 0 Å². The van der Waals surface area contributed by atoms with E-state index in [4.69, 9.17) is 5.73 Å². The van der Waals surface area contributed by atoms with Crippen molar-refractivity contribution >= 4 is 5.91 Å². The van der Waals surface area contributed by atoms with Gasteiger partial charge >= 0.3 is 0 Å². The molecule has 0 saturated heterocycles. The molecule has 0 aromatic rings. The van der Waals surface area contributed by atoms with Crippen LogP contribution in [-0.4, -0.2) is 24.9 Å². The largest absolute Gasteiger partial charge is 0.368 e. The Morgan fingerprint density at radius 3 is 2.50 bits per heavy atom. The molecule has 0 aromatic carbocycles. The molecule has 60 valence electrons. The van der Waals surface area contributed by atoms with Gasteiger partial charge in [-0.2, -0.15) is 0 Å². The van der Waals surface area contributed by atoms with Gasteiger partial charge in [-0.3, -0.25) is 4.79 Å². The second-order valence-electron chi connectivity index (χ2n) is 1.92. The van der Waals surface area contributed by atoms with Crippen LogP contribution in [0.4, 0.5) is 8.78 Å². The molecule has 0 saturated carbocycles. The van der Waals surface area contributed by atoms with E-state index in [2.05, 4.69) is 5.32 Å². The highest BCUT2D eigenvalue weighted by atomic mass is 19.3. The number of nitrogens with one attached hydrogen (secondary N) is 1. The fourth-order valence-corrected chi connectivity index (χ4v) is 0.366. The lowest BCUT2D eigenvalue weighted by Gasteiger charge is -2.07. The van der Waals surface area contributed by atoms with E-state index in [1.807, 2.05) is 0 Å². The van der Waals surface area contributed by atoms with Crippen LogP contribution >= 0.6 is 0 Å². The topological polar surface area (TPSA) is 55.1 Å². The number of hydrogen-bond donors (Lipinski definition) is 2. The van der Waals surface area contributed by atoms with Crippen LogP contribution in [0.25, 0.3) is 0 Å². The van der Waals surface area contributed by atoms with Gasteiger partial charge in [-0.05, 0) is 6.92 Å². The molecule has 10 heavy (non-hydrogen) atoms. The molecule has 3 nitrogen and oxygen atoms in total. The van der Waals surface area contributed by atoms with E-state index in [1.54, 1.807) is 0 Å². The minimum absolute atomic E-state index is 0.496. The first-order valence-electron chi connectivity index (χ1n) is 2.85. The average Bonchev–Trinajstić information content (AvgIpc) is 1.82. The van der Waals surface area contributed by atoms with Crippen LogP contribution in [0.1, 0.15) is 6.92 Å². The molecule has 0 aromatic heterocycles. The lowest BCUT2D eigenvalue weighted by molar-refractivity contribution is -0.119. The fourth-order valence-electron chi connectivity index (χ4n) is 0.366. The zero-order chi connectivity index (χ0) is 8.15. The van der Waals surface area contributed by atoms with Gasteiger partial charge in [-0.15, -0.1) is 0 Å². The van der Waals surface area contributed by atoms with Crippen molar-refractivity contribution in [2.75, 3.05) is 6.54 Å². The van der Waals surface area contributed by atoms with Crippen molar-refractivity contribution in [1.29, 1.82) is 0 Å². The van der Waals surface area contributed by atoms with Crippen LogP contribution < -0.4 is 11.1 Å². The number of carbonyl (C=O) groups is 1. The molecule has 3 N–H and O–H groups in total. The third-order valence-corrected chi connectivity index (χ3v) is 1.01. The normalized spacial score (nSPS) is 13.6. The number of alkyl halides is 2. The standard InChI is InChI=1S/C5H10F2N2O/c1-3(5(8)10)9-2-4(6)7/h3-4,9H,2H2,1H3,(H2,8,10). The highest BCUT2D eigenvalue weighted by Crippen LogP contribution is 1.89. The van der Waals surface area contributed by atoms with Gasteiger partial charge in [-0.1, -0.05) is 0 Å². The Balaban J connectivity index is 3.40. The van der Waals surface area contributed by atoms with Crippen molar-refractivity contribution in [3.63, 3.8) is 0 Å². The molecule has 0 fully saturated rings. The quantitative estimate of drug-likeness (QED) is 0.581. The molecule has 0 radical (unpaired) electrons. The second-order valence-corrected chi connectivity index (χ2v) is 1.92. The van der Waals surface area contributed by atoms with Gasteiger partial charge in [0.05, 0.1) is 12.6 Å². The molecule has 0 bridgehead atoms.